The van der Waals surface area contributed by atoms with E-state index in [1.807, 2.05) is 73.7 Å². The van der Waals surface area contributed by atoms with E-state index in [0.29, 0.717) is 18.0 Å². The average molecular weight is 435 g/mol. The number of nitrogens with one attached hydrogen (secondary N) is 1. The van der Waals surface area contributed by atoms with Crippen molar-refractivity contribution in [2.75, 3.05) is 7.05 Å². The molecule has 4 nitrogen and oxygen atoms in total. The molecule has 1 N–H and O–H groups in total. The lowest BCUT2D eigenvalue weighted by Crippen LogP contribution is -2.50. The highest BCUT2D eigenvalue weighted by atomic mass is 35.5. The number of carbonyl (C=O) groups is 2. The molecule has 0 aromatic heterocycles. The molecule has 0 spiro atoms. The Hall–Kier alpha value is -3.11. The Labute approximate surface area is 188 Å². The monoisotopic (exact) mass is 434 g/mol. The van der Waals surface area contributed by atoms with Gasteiger partial charge in [-0.3, -0.25) is 9.59 Å². The minimum absolute atomic E-state index is 0.0925. The summed E-state index contributed by atoms with van der Waals surface area (Å²) in [6, 6.07) is 24.4. The molecule has 3 aromatic carbocycles. The van der Waals surface area contributed by atoms with E-state index in [1.54, 1.807) is 24.1 Å². The summed E-state index contributed by atoms with van der Waals surface area (Å²) in [6.07, 6.45) is 0.672. The molecular weight excluding hydrogens is 408 g/mol. The van der Waals surface area contributed by atoms with Crippen molar-refractivity contribution in [3.63, 3.8) is 0 Å². The molecule has 3 aromatic rings. The maximum Gasteiger partial charge on any atom is 0.242 e. The Balaban J connectivity index is 1.93. The lowest BCUT2D eigenvalue weighted by molar-refractivity contribution is -0.140. The minimum Gasteiger partial charge on any atom is -0.357 e. The first-order chi connectivity index (χ1) is 15.0. The van der Waals surface area contributed by atoms with Gasteiger partial charge in [-0.1, -0.05) is 83.9 Å². The molecule has 0 aliphatic rings. The molecule has 2 amide bonds. The van der Waals surface area contributed by atoms with Gasteiger partial charge in [-0.25, -0.2) is 0 Å². The van der Waals surface area contributed by atoms with Gasteiger partial charge >= 0.3 is 0 Å². The van der Waals surface area contributed by atoms with E-state index in [2.05, 4.69) is 5.32 Å². The van der Waals surface area contributed by atoms with Gasteiger partial charge in [-0.2, -0.15) is 0 Å². The minimum atomic E-state index is -0.625. The Bertz CT molecular complexity index is 1020. The fourth-order valence-electron chi connectivity index (χ4n) is 3.61. The molecule has 0 bridgehead atoms. The summed E-state index contributed by atoms with van der Waals surface area (Å²) in [7, 11) is 1.60. The molecule has 31 heavy (non-hydrogen) atoms. The molecular formula is C26H27ClN2O2. The molecule has 5 heteroatoms. The number of hydrogen-bond acceptors (Lipinski definition) is 2. The molecule has 3 rings (SSSR count). The normalized spacial score (nSPS) is 11.6. The maximum absolute atomic E-state index is 13.5. The van der Waals surface area contributed by atoms with Crippen LogP contribution in [0.5, 0.6) is 0 Å². The molecule has 0 heterocycles. The molecule has 0 unspecified atom stereocenters. The van der Waals surface area contributed by atoms with Crippen LogP contribution < -0.4 is 5.32 Å². The highest BCUT2D eigenvalue weighted by molar-refractivity contribution is 6.30. The molecule has 0 saturated heterocycles. The molecule has 0 radical (unpaired) electrons. The molecule has 0 aliphatic heterocycles. The summed E-state index contributed by atoms with van der Waals surface area (Å²) in [4.78, 5) is 28.0. The van der Waals surface area contributed by atoms with Crippen LogP contribution in [0.25, 0.3) is 0 Å². The van der Waals surface area contributed by atoms with E-state index in [4.69, 9.17) is 11.6 Å². The van der Waals surface area contributed by atoms with Gasteiger partial charge in [0.1, 0.15) is 6.04 Å². The van der Waals surface area contributed by atoms with Crippen molar-refractivity contribution in [2.24, 2.45) is 0 Å². The van der Waals surface area contributed by atoms with Gasteiger partial charge in [0, 0.05) is 25.0 Å². The molecule has 0 aliphatic carbocycles. The third kappa shape index (κ3) is 6.43. The van der Waals surface area contributed by atoms with Crippen LogP contribution in [0.2, 0.25) is 5.02 Å². The van der Waals surface area contributed by atoms with Gasteiger partial charge in [0.15, 0.2) is 0 Å². The van der Waals surface area contributed by atoms with Crippen LogP contribution in [-0.2, 0) is 29.0 Å². The van der Waals surface area contributed by atoms with Crippen LogP contribution >= 0.6 is 11.6 Å². The van der Waals surface area contributed by atoms with E-state index in [0.717, 1.165) is 22.3 Å². The summed E-state index contributed by atoms with van der Waals surface area (Å²) in [5.74, 6) is -0.277. The quantitative estimate of drug-likeness (QED) is 0.564. The van der Waals surface area contributed by atoms with Crippen molar-refractivity contribution in [3.8, 4) is 0 Å². The van der Waals surface area contributed by atoms with Crippen molar-refractivity contribution in [3.05, 3.63) is 106 Å². The first kappa shape index (κ1) is 22.6. The smallest absolute Gasteiger partial charge is 0.242 e. The predicted octanol–water partition coefficient (Wildman–Crippen LogP) is 4.58. The third-order valence-electron chi connectivity index (χ3n) is 5.22. The Kier molecular flexibility index (Phi) is 7.85. The summed E-state index contributed by atoms with van der Waals surface area (Å²) in [5, 5.41) is 3.37. The molecule has 0 saturated carbocycles. The van der Waals surface area contributed by atoms with E-state index < -0.39 is 6.04 Å². The van der Waals surface area contributed by atoms with Gasteiger partial charge in [0.25, 0.3) is 0 Å². The standard InChI is InChI=1S/C26H27ClN2O2/c1-19-7-6-10-22(15-19)17-25(30)29(18-21-11-13-23(27)14-12-21)24(26(31)28-2)16-20-8-4-3-5-9-20/h3-15,24H,16-18H2,1-2H3,(H,28,31)/t24-/m0/s1. The first-order valence-electron chi connectivity index (χ1n) is 10.3. The average Bonchev–Trinajstić information content (AvgIpc) is 2.77. The zero-order chi connectivity index (χ0) is 22.2. The van der Waals surface area contributed by atoms with Crippen LogP contribution in [0.1, 0.15) is 22.3 Å². The first-order valence-corrected chi connectivity index (χ1v) is 10.7. The van der Waals surface area contributed by atoms with Crippen LogP contribution in [0.3, 0.4) is 0 Å². The van der Waals surface area contributed by atoms with Crippen LogP contribution in [0.15, 0.2) is 78.9 Å². The topological polar surface area (TPSA) is 49.4 Å². The van der Waals surface area contributed by atoms with Gasteiger partial charge in [0.2, 0.25) is 11.8 Å². The second-order valence-corrected chi connectivity index (χ2v) is 8.07. The number of halogens is 1. The molecule has 160 valence electrons. The lowest BCUT2D eigenvalue weighted by atomic mass is 10.0. The fraction of sp³-hybridized carbons (Fsp3) is 0.231. The largest absolute Gasteiger partial charge is 0.357 e. The number of amides is 2. The van der Waals surface area contributed by atoms with Crippen molar-refractivity contribution in [1.82, 2.24) is 10.2 Å². The van der Waals surface area contributed by atoms with E-state index in [1.165, 1.54) is 0 Å². The van der Waals surface area contributed by atoms with Crippen molar-refractivity contribution in [1.29, 1.82) is 0 Å². The Morgan fingerprint density at radius 1 is 0.903 bits per heavy atom. The summed E-state index contributed by atoms with van der Waals surface area (Å²) >= 11 is 6.03. The molecule has 1 atom stereocenters. The Morgan fingerprint density at radius 3 is 2.23 bits per heavy atom. The molecule has 0 fully saturated rings. The van der Waals surface area contributed by atoms with Crippen LogP contribution in [0.4, 0.5) is 0 Å². The maximum atomic E-state index is 13.5. The van der Waals surface area contributed by atoms with Crippen LogP contribution in [-0.4, -0.2) is 29.8 Å². The highest BCUT2D eigenvalue weighted by Crippen LogP contribution is 2.18. The second kappa shape index (κ2) is 10.8. The summed E-state index contributed by atoms with van der Waals surface area (Å²) in [6.45, 7) is 2.33. The second-order valence-electron chi connectivity index (χ2n) is 7.63. The number of rotatable bonds is 8. The zero-order valence-corrected chi connectivity index (χ0v) is 18.6. The number of aryl methyl sites for hydroxylation is 1. The van der Waals surface area contributed by atoms with Crippen molar-refractivity contribution >= 4 is 23.4 Å². The van der Waals surface area contributed by atoms with Crippen LogP contribution in [0, 0.1) is 6.92 Å². The Morgan fingerprint density at radius 2 is 1.58 bits per heavy atom. The predicted molar refractivity (Wildman–Crippen MR) is 125 cm³/mol. The number of carbonyl (C=O) groups excluding carboxylic acids is 2. The van der Waals surface area contributed by atoms with Gasteiger partial charge in [-0.15, -0.1) is 0 Å². The number of hydrogen-bond donors (Lipinski definition) is 1. The zero-order valence-electron chi connectivity index (χ0n) is 17.8. The highest BCUT2D eigenvalue weighted by Gasteiger charge is 2.29. The van der Waals surface area contributed by atoms with E-state index in [-0.39, 0.29) is 18.2 Å². The van der Waals surface area contributed by atoms with E-state index >= 15 is 0 Å². The summed E-state index contributed by atoms with van der Waals surface area (Å²) < 4.78 is 0. The van der Waals surface area contributed by atoms with Gasteiger partial charge in [-0.05, 0) is 35.7 Å². The fourth-order valence-corrected chi connectivity index (χ4v) is 3.73. The van der Waals surface area contributed by atoms with Crippen molar-refractivity contribution < 1.29 is 9.59 Å². The lowest BCUT2D eigenvalue weighted by Gasteiger charge is -2.31. The van der Waals surface area contributed by atoms with Gasteiger partial charge in [0.05, 0.1) is 6.42 Å². The van der Waals surface area contributed by atoms with E-state index in [9.17, 15) is 9.59 Å². The SMILES string of the molecule is CNC(=O)[C@H](Cc1ccccc1)N(Cc1ccc(Cl)cc1)C(=O)Cc1cccc(C)c1. The van der Waals surface area contributed by atoms with Crippen molar-refractivity contribution in [2.45, 2.75) is 32.4 Å². The summed E-state index contributed by atoms with van der Waals surface area (Å²) in [5.41, 5.74) is 3.95. The number of likely N-dealkylation sites (N-methyl/N-ethyl adjacent to an activating group) is 1. The van der Waals surface area contributed by atoms with Gasteiger partial charge < -0.3 is 10.2 Å². The third-order valence-corrected chi connectivity index (χ3v) is 5.47. The number of benzene rings is 3. The number of nitrogens with zero attached hydrogens (tertiary/aromatic N) is 1.